The Bertz CT molecular complexity index is 936. The monoisotopic (exact) mass is 536 g/mol. The molecule has 0 saturated carbocycles. The molecule has 5 nitrogen and oxygen atoms in total. The Morgan fingerprint density at radius 1 is 1.07 bits per heavy atom. The summed E-state index contributed by atoms with van der Waals surface area (Å²) in [7, 11) is 1.83. The first kappa shape index (κ1) is 23.0. The fourth-order valence-corrected chi connectivity index (χ4v) is 4.68. The van der Waals surface area contributed by atoms with Gasteiger partial charge in [-0.25, -0.2) is 0 Å². The second-order valence-electron chi connectivity index (χ2n) is 7.12. The molecule has 0 aliphatic carbocycles. The Morgan fingerprint density at radius 2 is 1.87 bits per heavy atom. The summed E-state index contributed by atoms with van der Waals surface area (Å²) >= 11 is 1.81. The van der Waals surface area contributed by atoms with Crippen molar-refractivity contribution in [3.8, 4) is 0 Å². The average molecular weight is 536 g/mol. The van der Waals surface area contributed by atoms with Gasteiger partial charge < -0.3 is 15.4 Å². The molecular weight excluding hydrogens is 507 g/mol. The highest BCUT2D eigenvalue weighted by atomic mass is 127. The first-order valence-electron chi connectivity index (χ1n) is 10.1. The van der Waals surface area contributed by atoms with E-state index in [0.717, 1.165) is 45.4 Å². The lowest BCUT2D eigenvalue weighted by atomic mass is 10.0. The van der Waals surface area contributed by atoms with Crippen LogP contribution in [0, 0.1) is 0 Å². The summed E-state index contributed by atoms with van der Waals surface area (Å²) in [6.07, 6.45) is 0. The number of hydrogen-bond acceptors (Lipinski definition) is 4. The third-order valence-corrected chi connectivity index (χ3v) is 6.34. The van der Waals surface area contributed by atoms with E-state index in [4.69, 9.17) is 4.74 Å². The number of benzene rings is 2. The van der Waals surface area contributed by atoms with Crippen LogP contribution in [0.4, 0.5) is 0 Å². The minimum Gasteiger partial charge on any atom is -0.379 e. The van der Waals surface area contributed by atoms with Crippen LogP contribution >= 0.6 is 35.3 Å². The Hall–Kier alpha value is -1.68. The molecule has 0 spiro atoms. The molecule has 1 unspecified atom stereocenters. The van der Waals surface area contributed by atoms with Crippen LogP contribution in [-0.4, -0.2) is 50.8 Å². The molecule has 2 N–H and O–H groups in total. The molecule has 0 bridgehead atoms. The summed E-state index contributed by atoms with van der Waals surface area (Å²) in [5, 5.41) is 11.7. The summed E-state index contributed by atoms with van der Waals surface area (Å²) in [4.78, 5) is 8.32. The lowest BCUT2D eigenvalue weighted by Crippen LogP contribution is -2.46. The van der Waals surface area contributed by atoms with Crippen LogP contribution in [0.3, 0.4) is 0 Å². The molecule has 1 aliphatic heterocycles. The van der Waals surface area contributed by atoms with E-state index < -0.39 is 0 Å². The fourth-order valence-electron chi connectivity index (χ4n) is 3.82. The number of hydrogen-bond donors (Lipinski definition) is 2. The molecule has 0 amide bonds. The summed E-state index contributed by atoms with van der Waals surface area (Å²) in [6, 6.07) is 19.6. The normalized spacial score (nSPS) is 16.1. The van der Waals surface area contributed by atoms with Gasteiger partial charge in [-0.05, 0) is 27.8 Å². The van der Waals surface area contributed by atoms with E-state index in [2.05, 4.69) is 80.5 Å². The maximum Gasteiger partial charge on any atom is 0.191 e. The van der Waals surface area contributed by atoms with Gasteiger partial charge in [-0.1, -0.05) is 48.5 Å². The Balaban J connectivity index is 0.00000256. The maximum atomic E-state index is 5.54. The predicted molar refractivity (Wildman–Crippen MR) is 137 cm³/mol. The van der Waals surface area contributed by atoms with Crippen molar-refractivity contribution in [2.75, 3.05) is 39.9 Å². The molecule has 1 atom stereocenters. The molecule has 1 aliphatic rings. The van der Waals surface area contributed by atoms with Crippen LogP contribution in [0.2, 0.25) is 0 Å². The number of morpholine rings is 1. The van der Waals surface area contributed by atoms with Gasteiger partial charge >= 0.3 is 0 Å². The second kappa shape index (κ2) is 11.6. The largest absolute Gasteiger partial charge is 0.379 e. The highest BCUT2D eigenvalue weighted by Gasteiger charge is 2.23. The van der Waals surface area contributed by atoms with Crippen LogP contribution in [0.25, 0.3) is 10.8 Å². The number of guanidine groups is 1. The molecule has 3 aromatic rings. The van der Waals surface area contributed by atoms with E-state index in [1.807, 2.05) is 18.4 Å². The molecule has 1 fully saturated rings. The number of thiophene rings is 1. The number of rotatable bonds is 6. The lowest BCUT2D eigenvalue weighted by molar-refractivity contribution is 0.0177. The summed E-state index contributed by atoms with van der Waals surface area (Å²) in [5.41, 5.74) is 1.27. The standard InChI is InChI=1S/C23H28N4OS.HI/c1-24-23(25-16-19-8-4-7-18-6-2-3-9-20(18)19)26-17-21(22-10-5-15-29-22)27-11-13-28-14-12-27;/h2-10,15,21H,11-14,16-17H2,1H3,(H2,24,25,26);1H. The minimum atomic E-state index is 0. The van der Waals surface area contributed by atoms with E-state index in [1.54, 1.807) is 0 Å². The molecule has 30 heavy (non-hydrogen) atoms. The average Bonchev–Trinajstić information content (AvgIpc) is 3.31. The fraction of sp³-hybridized carbons (Fsp3) is 0.348. The van der Waals surface area contributed by atoms with E-state index >= 15 is 0 Å². The van der Waals surface area contributed by atoms with E-state index in [-0.39, 0.29) is 24.0 Å². The minimum absolute atomic E-state index is 0. The first-order valence-corrected chi connectivity index (χ1v) is 11.0. The van der Waals surface area contributed by atoms with Gasteiger partial charge in [0, 0.05) is 38.1 Å². The third kappa shape index (κ3) is 5.72. The molecule has 4 rings (SSSR count). The van der Waals surface area contributed by atoms with Gasteiger partial charge in [0.25, 0.3) is 0 Å². The molecule has 1 aromatic heterocycles. The lowest BCUT2D eigenvalue weighted by Gasteiger charge is -2.34. The Morgan fingerprint density at radius 3 is 2.63 bits per heavy atom. The number of halogens is 1. The van der Waals surface area contributed by atoms with Crippen molar-refractivity contribution in [2.24, 2.45) is 4.99 Å². The molecule has 2 aromatic carbocycles. The number of aliphatic imine (C=N–C) groups is 1. The van der Waals surface area contributed by atoms with Gasteiger partial charge in [0.1, 0.15) is 0 Å². The SMILES string of the molecule is CN=C(NCc1cccc2ccccc12)NCC(c1cccs1)N1CCOCC1.I. The van der Waals surface area contributed by atoms with Crippen molar-refractivity contribution in [3.05, 3.63) is 70.4 Å². The van der Waals surface area contributed by atoms with Gasteiger partial charge in [0.15, 0.2) is 5.96 Å². The van der Waals surface area contributed by atoms with Gasteiger partial charge in [-0.15, -0.1) is 35.3 Å². The second-order valence-corrected chi connectivity index (χ2v) is 8.10. The summed E-state index contributed by atoms with van der Waals surface area (Å²) < 4.78 is 5.54. The highest BCUT2D eigenvalue weighted by molar-refractivity contribution is 14.0. The smallest absolute Gasteiger partial charge is 0.191 e. The quantitative estimate of drug-likeness (QED) is 0.281. The van der Waals surface area contributed by atoms with Gasteiger partial charge in [-0.3, -0.25) is 9.89 Å². The van der Waals surface area contributed by atoms with E-state index in [9.17, 15) is 0 Å². The van der Waals surface area contributed by atoms with Crippen LogP contribution in [-0.2, 0) is 11.3 Å². The molecular formula is C23H29IN4OS. The number of fused-ring (bicyclic) bond motifs is 1. The van der Waals surface area contributed by atoms with Crippen LogP contribution in [0.15, 0.2) is 65.0 Å². The topological polar surface area (TPSA) is 48.9 Å². The Labute approximate surface area is 199 Å². The van der Waals surface area contributed by atoms with Crippen molar-refractivity contribution in [1.29, 1.82) is 0 Å². The zero-order valence-corrected chi connectivity index (χ0v) is 20.4. The van der Waals surface area contributed by atoms with Crippen LogP contribution in [0.5, 0.6) is 0 Å². The van der Waals surface area contributed by atoms with Gasteiger partial charge in [0.05, 0.1) is 19.3 Å². The number of nitrogens with zero attached hydrogens (tertiary/aromatic N) is 2. The van der Waals surface area contributed by atoms with Gasteiger partial charge in [0.2, 0.25) is 0 Å². The van der Waals surface area contributed by atoms with Crippen molar-refractivity contribution in [3.63, 3.8) is 0 Å². The molecule has 2 heterocycles. The van der Waals surface area contributed by atoms with Crippen LogP contribution in [0.1, 0.15) is 16.5 Å². The summed E-state index contributed by atoms with van der Waals surface area (Å²) in [5.74, 6) is 0.827. The number of ether oxygens (including phenoxy) is 1. The molecule has 0 radical (unpaired) electrons. The first-order chi connectivity index (χ1) is 14.3. The van der Waals surface area contributed by atoms with E-state index in [1.165, 1.54) is 21.2 Å². The molecule has 7 heteroatoms. The zero-order valence-electron chi connectivity index (χ0n) is 17.2. The van der Waals surface area contributed by atoms with Crippen molar-refractivity contribution >= 4 is 52.0 Å². The zero-order chi connectivity index (χ0) is 19.9. The highest BCUT2D eigenvalue weighted by Crippen LogP contribution is 2.25. The predicted octanol–water partition coefficient (Wildman–Crippen LogP) is 4.26. The van der Waals surface area contributed by atoms with Gasteiger partial charge in [-0.2, -0.15) is 0 Å². The molecule has 1 saturated heterocycles. The molecule has 160 valence electrons. The van der Waals surface area contributed by atoms with Crippen LogP contribution < -0.4 is 10.6 Å². The van der Waals surface area contributed by atoms with E-state index in [0.29, 0.717) is 6.04 Å². The Kier molecular flexibility index (Phi) is 8.92. The maximum absolute atomic E-state index is 5.54. The van der Waals surface area contributed by atoms with Crippen molar-refractivity contribution in [2.45, 2.75) is 12.6 Å². The van der Waals surface area contributed by atoms with Crippen molar-refractivity contribution < 1.29 is 4.74 Å². The third-order valence-electron chi connectivity index (χ3n) is 5.37. The number of nitrogens with one attached hydrogen (secondary N) is 2. The van der Waals surface area contributed by atoms with Crippen molar-refractivity contribution in [1.82, 2.24) is 15.5 Å². The summed E-state index contributed by atoms with van der Waals surface area (Å²) in [6.45, 7) is 5.09.